The minimum atomic E-state index is -0.0365. The fraction of sp³-hybridized carbons (Fsp3) is 0.429. The number of rotatable bonds is 6. The first kappa shape index (κ1) is 13.5. The first-order valence-electron chi connectivity index (χ1n) is 6.59. The number of hydrogen-bond donors (Lipinski definition) is 2. The SMILES string of the molecule is CCCCN(CCO)C(=O)c1ccc2[nH]ncc2c1. The summed E-state index contributed by atoms with van der Waals surface area (Å²) in [5, 5.41) is 16.8. The summed E-state index contributed by atoms with van der Waals surface area (Å²) in [6.45, 7) is 3.13. The number of aromatic nitrogens is 2. The average molecular weight is 261 g/mol. The third-order valence-corrected chi connectivity index (χ3v) is 3.13. The van der Waals surface area contributed by atoms with E-state index in [9.17, 15) is 4.79 Å². The number of aliphatic hydroxyl groups is 1. The molecule has 2 aromatic rings. The largest absolute Gasteiger partial charge is 0.395 e. The van der Waals surface area contributed by atoms with Crippen molar-refractivity contribution in [2.45, 2.75) is 19.8 Å². The highest BCUT2D eigenvalue weighted by Crippen LogP contribution is 2.14. The third kappa shape index (κ3) is 3.12. The van der Waals surface area contributed by atoms with Crippen molar-refractivity contribution in [1.82, 2.24) is 15.1 Å². The van der Waals surface area contributed by atoms with Gasteiger partial charge in [0, 0.05) is 24.0 Å². The first-order valence-corrected chi connectivity index (χ1v) is 6.59. The van der Waals surface area contributed by atoms with Crippen LogP contribution in [0.2, 0.25) is 0 Å². The summed E-state index contributed by atoms with van der Waals surface area (Å²) >= 11 is 0. The van der Waals surface area contributed by atoms with Gasteiger partial charge >= 0.3 is 0 Å². The van der Waals surface area contributed by atoms with Crippen LogP contribution in [0.15, 0.2) is 24.4 Å². The minimum Gasteiger partial charge on any atom is -0.395 e. The molecule has 0 aliphatic carbocycles. The van der Waals surface area contributed by atoms with Crippen molar-refractivity contribution in [2.75, 3.05) is 19.7 Å². The smallest absolute Gasteiger partial charge is 0.253 e. The van der Waals surface area contributed by atoms with E-state index in [1.54, 1.807) is 17.2 Å². The first-order chi connectivity index (χ1) is 9.26. The molecule has 19 heavy (non-hydrogen) atoms. The van der Waals surface area contributed by atoms with Crippen molar-refractivity contribution in [1.29, 1.82) is 0 Å². The molecule has 1 heterocycles. The number of amides is 1. The summed E-state index contributed by atoms with van der Waals surface area (Å²) in [7, 11) is 0. The van der Waals surface area contributed by atoms with E-state index < -0.39 is 0 Å². The van der Waals surface area contributed by atoms with Gasteiger partial charge in [-0.1, -0.05) is 13.3 Å². The van der Waals surface area contributed by atoms with Gasteiger partial charge in [0.05, 0.1) is 18.3 Å². The molecule has 0 saturated carbocycles. The Morgan fingerprint density at radius 1 is 1.42 bits per heavy atom. The number of carbonyl (C=O) groups is 1. The predicted octanol–water partition coefficient (Wildman–Crippen LogP) is 1.80. The van der Waals surface area contributed by atoms with E-state index in [4.69, 9.17) is 5.11 Å². The van der Waals surface area contributed by atoms with Crippen LogP contribution in [0, 0.1) is 0 Å². The summed E-state index contributed by atoms with van der Waals surface area (Å²) in [4.78, 5) is 14.1. The van der Waals surface area contributed by atoms with Crippen LogP contribution < -0.4 is 0 Å². The Labute approximate surface area is 112 Å². The predicted molar refractivity (Wildman–Crippen MR) is 74.0 cm³/mol. The Hall–Kier alpha value is -1.88. The number of nitrogens with zero attached hydrogens (tertiary/aromatic N) is 2. The Morgan fingerprint density at radius 3 is 3.00 bits per heavy atom. The molecule has 102 valence electrons. The highest BCUT2D eigenvalue weighted by molar-refractivity contribution is 5.97. The topological polar surface area (TPSA) is 69.2 Å². The lowest BCUT2D eigenvalue weighted by Crippen LogP contribution is -2.34. The van der Waals surface area contributed by atoms with E-state index in [1.807, 2.05) is 12.1 Å². The van der Waals surface area contributed by atoms with Crippen molar-refractivity contribution in [2.24, 2.45) is 0 Å². The molecular weight excluding hydrogens is 242 g/mol. The van der Waals surface area contributed by atoms with Crippen molar-refractivity contribution in [3.63, 3.8) is 0 Å². The molecule has 0 fully saturated rings. The Bertz CT molecular complexity index is 550. The number of H-pyrrole nitrogens is 1. The number of fused-ring (bicyclic) bond motifs is 1. The van der Waals surface area contributed by atoms with E-state index in [-0.39, 0.29) is 12.5 Å². The fourth-order valence-electron chi connectivity index (χ4n) is 2.04. The van der Waals surface area contributed by atoms with Gasteiger partial charge in [-0.2, -0.15) is 5.10 Å². The van der Waals surface area contributed by atoms with Gasteiger partial charge in [-0.25, -0.2) is 0 Å². The number of nitrogens with one attached hydrogen (secondary N) is 1. The third-order valence-electron chi connectivity index (χ3n) is 3.13. The van der Waals surface area contributed by atoms with Crippen molar-refractivity contribution in [3.8, 4) is 0 Å². The molecule has 0 bridgehead atoms. The van der Waals surface area contributed by atoms with Gasteiger partial charge in [0.2, 0.25) is 0 Å². The molecular formula is C14H19N3O2. The zero-order valence-corrected chi connectivity index (χ0v) is 11.1. The lowest BCUT2D eigenvalue weighted by molar-refractivity contribution is 0.0719. The maximum atomic E-state index is 12.4. The lowest BCUT2D eigenvalue weighted by Gasteiger charge is -2.21. The molecule has 0 unspecified atom stereocenters. The van der Waals surface area contributed by atoms with Crippen LogP contribution in [-0.2, 0) is 0 Å². The zero-order chi connectivity index (χ0) is 13.7. The minimum absolute atomic E-state index is 0.0105. The van der Waals surface area contributed by atoms with Gasteiger partial charge in [0.15, 0.2) is 0 Å². The second-order valence-corrected chi connectivity index (χ2v) is 4.54. The van der Waals surface area contributed by atoms with E-state index in [0.29, 0.717) is 18.7 Å². The molecule has 1 amide bonds. The van der Waals surface area contributed by atoms with E-state index >= 15 is 0 Å². The average Bonchev–Trinajstić information content (AvgIpc) is 2.90. The molecule has 0 spiro atoms. The van der Waals surface area contributed by atoms with E-state index in [2.05, 4.69) is 17.1 Å². The standard InChI is InChI=1S/C14H19N3O2/c1-2-3-6-17(7-8-18)14(19)11-4-5-13-12(9-11)10-15-16-13/h4-5,9-10,18H,2-3,6-8H2,1H3,(H,15,16). The van der Waals surface area contributed by atoms with Crippen molar-refractivity contribution in [3.05, 3.63) is 30.0 Å². The molecule has 0 aliphatic heterocycles. The molecule has 2 N–H and O–H groups in total. The Kier molecular flexibility index (Phi) is 4.52. The van der Waals surface area contributed by atoms with Crippen LogP contribution in [0.25, 0.3) is 10.9 Å². The molecule has 0 radical (unpaired) electrons. The van der Waals surface area contributed by atoms with Gasteiger partial charge in [-0.05, 0) is 24.6 Å². The molecule has 1 aromatic carbocycles. The number of unbranched alkanes of at least 4 members (excludes halogenated alkanes) is 1. The molecule has 2 rings (SSSR count). The van der Waals surface area contributed by atoms with Gasteiger partial charge in [-0.3, -0.25) is 9.89 Å². The highest BCUT2D eigenvalue weighted by atomic mass is 16.3. The lowest BCUT2D eigenvalue weighted by atomic mass is 10.1. The summed E-state index contributed by atoms with van der Waals surface area (Å²) in [6, 6.07) is 5.48. The maximum Gasteiger partial charge on any atom is 0.253 e. The van der Waals surface area contributed by atoms with Crippen LogP contribution in [0.5, 0.6) is 0 Å². The van der Waals surface area contributed by atoms with Crippen molar-refractivity contribution >= 4 is 16.8 Å². The number of benzene rings is 1. The highest BCUT2D eigenvalue weighted by Gasteiger charge is 2.15. The quantitative estimate of drug-likeness (QED) is 0.833. The second-order valence-electron chi connectivity index (χ2n) is 4.54. The Morgan fingerprint density at radius 2 is 2.26 bits per heavy atom. The van der Waals surface area contributed by atoms with Crippen LogP contribution in [0.4, 0.5) is 0 Å². The van der Waals surface area contributed by atoms with Crippen molar-refractivity contribution < 1.29 is 9.90 Å². The van der Waals surface area contributed by atoms with E-state index in [1.165, 1.54) is 0 Å². The Balaban J connectivity index is 2.19. The van der Waals surface area contributed by atoms with E-state index in [0.717, 1.165) is 23.7 Å². The zero-order valence-electron chi connectivity index (χ0n) is 11.1. The summed E-state index contributed by atoms with van der Waals surface area (Å²) in [5.41, 5.74) is 1.55. The van der Waals surface area contributed by atoms with Crippen LogP contribution in [-0.4, -0.2) is 45.8 Å². The normalized spacial score (nSPS) is 10.8. The van der Waals surface area contributed by atoms with Crippen LogP contribution >= 0.6 is 0 Å². The molecule has 5 nitrogen and oxygen atoms in total. The number of hydrogen-bond acceptors (Lipinski definition) is 3. The molecule has 0 atom stereocenters. The van der Waals surface area contributed by atoms with Gasteiger partial charge in [-0.15, -0.1) is 0 Å². The summed E-state index contributed by atoms with van der Waals surface area (Å²) in [5.74, 6) is -0.0365. The van der Waals surface area contributed by atoms with Crippen LogP contribution in [0.3, 0.4) is 0 Å². The fourth-order valence-corrected chi connectivity index (χ4v) is 2.04. The molecule has 0 saturated heterocycles. The summed E-state index contributed by atoms with van der Waals surface area (Å²) < 4.78 is 0. The summed E-state index contributed by atoms with van der Waals surface area (Å²) in [6.07, 6.45) is 3.67. The number of aliphatic hydroxyl groups excluding tert-OH is 1. The second kappa shape index (κ2) is 6.33. The maximum absolute atomic E-state index is 12.4. The molecule has 1 aromatic heterocycles. The monoisotopic (exact) mass is 261 g/mol. The van der Waals surface area contributed by atoms with Crippen LogP contribution in [0.1, 0.15) is 30.1 Å². The number of carbonyl (C=O) groups excluding carboxylic acids is 1. The van der Waals surface area contributed by atoms with Gasteiger partial charge in [0.25, 0.3) is 5.91 Å². The molecule has 0 aliphatic rings. The van der Waals surface area contributed by atoms with Gasteiger partial charge in [0.1, 0.15) is 0 Å². The number of aromatic amines is 1. The van der Waals surface area contributed by atoms with Gasteiger partial charge < -0.3 is 10.0 Å². The molecule has 5 heteroatoms.